The molecule has 0 atom stereocenters. The fourth-order valence-electron chi connectivity index (χ4n) is 3.43. The van der Waals surface area contributed by atoms with Gasteiger partial charge in [0.25, 0.3) is 11.8 Å². The molecule has 2 aromatic heterocycles. The van der Waals surface area contributed by atoms with E-state index < -0.39 is 23.5 Å². The van der Waals surface area contributed by atoms with Crippen molar-refractivity contribution in [2.24, 2.45) is 5.73 Å². The molecule has 0 saturated carbocycles. The predicted octanol–water partition coefficient (Wildman–Crippen LogP) is 2.33. The average Bonchev–Trinajstić information content (AvgIpc) is 3.09. The number of nitrogens with one attached hydrogen (secondary N) is 1. The molecular weight excluding hydrogens is 410 g/mol. The van der Waals surface area contributed by atoms with Crippen molar-refractivity contribution in [1.29, 1.82) is 0 Å². The van der Waals surface area contributed by atoms with Gasteiger partial charge in [-0.2, -0.15) is 0 Å². The van der Waals surface area contributed by atoms with Crippen LogP contribution >= 0.6 is 11.3 Å². The number of methoxy groups -OCH3 is 1. The minimum atomic E-state index is -0.787. The van der Waals surface area contributed by atoms with Crippen LogP contribution in [-0.4, -0.2) is 36.5 Å². The van der Waals surface area contributed by atoms with Crippen molar-refractivity contribution in [2.75, 3.05) is 19.0 Å². The lowest BCUT2D eigenvalue weighted by molar-refractivity contribution is 0.0999. The molecule has 1 aliphatic heterocycles. The Labute approximate surface area is 174 Å². The molecule has 9 nitrogen and oxygen atoms in total. The quantitative estimate of drug-likeness (QED) is 0.617. The minimum absolute atomic E-state index is 0.188. The molecule has 3 heterocycles. The molecule has 1 aromatic carbocycles. The first kappa shape index (κ1) is 19.6. The number of fused-ring (bicyclic) bond motifs is 2. The number of thiophene rings is 1. The van der Waals surface area contributed by atoms with Gasteiger partial charge in [-0.3, -0.25) is 9.59 Å². The smallest absolute Gasteiger partial charge is 0.409 e. The molecule has 3 aromatic rings. The summed E-state index contributed by atoms with van der Waals surface area (Å²) in [6.45, 7) is 0.597. The first-order valence-corrected chi connectivity index (χ1v) is 9.82. The summed E-state index contributed by atoms with van der Waals surface area (Å²) in [5.74, 6) is -1.40. The van der Waals surface area contributed by atoms with Gasteiger partial charge in [-0.15, -0.1) is 11.3 Å². The zero-order valence-electron chi connectivity index (χ0n) is 15.9. The van der Waals surface area contributed by atoms with Crippen molar-refractivity contribution in [1.82, 2.24) is 4.90 Å². The highest BCUT2D eigenvalue weighted by atomic mass is 32.1. The standard InChI is InChI=1S/C20H17N3O6S/c1-28-20(27)23-7-6-11-14(9-23)30-18(15(11)16(21)24)22-17(25)12-8-10-4-2-3-5-13(10)29-19(12)26/h2-5,8H,6-7,9H2,1H3,(H2,21,24)(H,22,25). The van der Waals surface area contributed by atoms with Gasteiger partial charge in [-0.05, 0) is 24.1 Å². The summed E-state index contributed by atoms with van der Waals surface area (Å²) in [5.41, 5.74) is 5.83. The molecule has 1 aliphatic rings. The van der Waals surface area contributed by atoms with Gasteiger partial charge in [0.1, 0.15) is 16.1 Å². The lowest BCUT2D eigenvalue weighted by Crippen LogP contribution is -2.35. The molecular formula is C20H17N3O6S. The van der Waals surface area contributed by atoms with Gasteiger partial charge in [0.15, 0.2) is 0 Å². The topological polar surface area (TPSA) is 132 Å². The number of hydrogen-bond donors (Lipinski definition) is 2. The number of hydrogen-bond acceptors (Lipinski definition) is 7. The number of anilines is 1. The third kappa shape index (κ3) is 3.41. The SMILES string of the molecule is COC(=O)N1CCc2c(sc(NC(=O)c3cc4ccccc4oc3=O)c2C(N)=O)C1. The summed E-state index contributed by atoms with van der Waals surface area (Å²) in [5, 5.41) is 3.44. The predicted molar refractivity (Wildman–Crippen MR) is 110 cm³/mol. The van der Waals surface area contributed by atoms with E-state index in [1.165, 1.54) is 18.1 Å². The number of nitrogens with two attached hydrogens (primary N) is 1. The average molecular weight is 427 g/mol. The Hall–Kier alpha value is -3.66. The monoisotopic (exact) mass is 427 g/mol. The van der Waals surface area contributed by atoms with Crippen LogP contribution in [0.1, 0.15) is 31.2 Å². The number of ether oxygens (including phenoxy) is 1. The van der Waals surface area contributed by atoms with Crippen LogP contribution in [0.3, 0.4) is 0 Å². The van der Waals surface area contributed by atoms with E-state index in [-0.39, 0.29) is 22.7 Å². The van der Waals surface area contributed by atoms with Gasteiger partial charge in [0, 0.05) is 16.8 Å². The molecule has 0 fully saturated rings. The summed E-state index contributed by atoms with van der Waals surface area (Å²) in [6, 6.07) is 8.26. The van der Waals surface area contributed by atoms with Crippen molar-refractivity contribution in [3.63, 3.8) is 0 Å². The summed E-state index contributed by atoms with van der Waals surface area (Å²) in [4.78, 5) is 51.1. The van der Waals surface area contributed by atoms with E-state index in [9.17, 15) is 19.2 Å². The second-order valence-electron chi connectivity index (χ2n) is 6.65. The summed E-state index contributed by atoms with van der Waals surface area (Å²) in [7, 11) is 1.29. The van der Waals surface area contributed by atoms with Crippen molar-refractivity contribution in [3.8, 4) is 0 Å². The van der Waals surface area contributed by atoms with Crippen LogP contribution in [-0.2, 0) is 17.7 Å². The Bertz CT molecular complexity index is 1250. The molecule has 0 saturated heterocycles. The van der Waals surface area contributed by atoms with E-state index in [0.29, 0.717) is 29.5 Å². The van der Waals surface area contributed by atoms with E-state index in [4.69, 9.17) is 14.9 Å². The molecule has 0 aliphatic carbocycles. The Balaban J connectivity index is 1.68. The number of carbonyl (C=O) groups is 3. The lowest BCUT2D eigenvalue weighted by Gasteiger charge is -2.25. The summed E-state index contributed by atoms with van der Waals surface area (Å²) < 4.78 is 9.95. The molecule has 30 heavy (non-hydrogen) atoms. The van der Waals surface area contributed by atoms with Crippen LogP contribution < -0.4 is 16.7 Å². The third-order valence-corrected chi connectivity index (χ3v) is 5.98. The van der Waals surface area contributed by atoms with Crippen molar-refractivity contribution >= 4 is 45.2 Å². The number of para-hydroxylation sites is 1. The molecule has 3 N–H and O–H groups in total. The van der Waals surface area contributed by atoms with E-state index in [1.807, 2.05) is 0 Å². The fraction of sp³-hybridized carbons (Fsp3) is 0.200. The number of rotatable bonds is 3. The lowest BCUT2D eigenvalue weighted by atomic mass is 10.0. The first-order chi connectivity index (χ1) is 14.4. The minimum Gasteiger partial charge on any atom is -0.453 e. The number of amides is 3. The maximum Gasteiger partial charge on any atom is 0.409 e. The van der Waals surface area contributed by atoms with Crippen molar-refractivity contribution < 1.29 is 23.5 Å². The van der Waals surface area contributed by atoms with Crippen LogP contribution in [0.25, 0.3) is 11.0 Å². The molecule has 154 valence electrons. The highest BCUT2D eigenvalue weighted by Crippen LogP contribution is 2.37. The van der Waals surface area contributed by atoms with Gasteiger partial charge in [-0.1, -0.05) is 18.2 Å². The summed E-state index contributed by atoms with van der Waals surface area (Å²) in [6.07, 6.45) is -0.0817. The van der Waals surface area contributed by atoms with Gasteiger partial charge >= 0.3 is 11.7 Å². The van der Waals surface area contributed by atoms with Crippen LogP contribution in [0.15, 0.2) is 39.5 Å². The van der Waals surface area contributed by atoms with E-state index in [0.717, 1.165) is 16.2 Å². The molecule has 0 unspecified atom stereocenters. The number of benzene rings is 1. The number of carbonyl (C=O) groups excluding carboxylic acids is 3. The van der Waals surface area contributed by atoms with Gasteiger partial charge < -0.3 is 25.1 Å². The van der Waals surface area contributed by atoms with Gasteiger partial charge in [0.05, 0.1) is 19.2 Å². The third-order valence-electron chi connectivity index (χ3n) is 4.85. The Morgan fingerprint density at radius 3 is 2.77 bits per heavy atom. The zero-order chi connectivity index (χ0) is 21.4. The van der Waals surface area contributed by atoms with Gasteiger partial charge in [-0.25, -0.2) is 9.59 Å². The molecule has 10 heteroatoms. The van der Waals surface area contributed by atoms with Crippen LogP contribution in [0, 0.1) is 0 Å². The Morgan fingerprint density at radius 1 is 1.27 bits per heavy atom. The first-order valence-electron chi connectivity index (χ1n) is 9.00. The molecule has 0 bridgehead atoms. The van der Waals surface area contributed by atoms with Crippen LogP contribution in [0.4, 0.5) is 9.80 Å². The Kier molecular flexibility index (Phi) is 5.00. The largest absolute Gasteiger partial charge is 0.453 e. The molecule has 3 amide bonds. The Morgan fingerprint density at radius 2 is 2.03 bits per heavy atom. The van der Waals surface area contributed by atoms with Crippen molar-refractivity contribution in [3.05, 3.63) is 62.3 Å². The normalized spacial score (nSPS) is 13.0. The second kappa shape index (κ2) is 7.64. The summed E-state index contributed by atoms with van der Waals surface area (Å²) >= 11 is 1.14. The van der Waals surface area contributed by atoms with Crippen LogP contribution in [0.2, 0.25) is 0 Å². The maximum atomic E-state index is 12.8. The number of nitrogens with zero attached hydrogens (tertiary/aromatic N) is 1. The van der Waals surface area contributed by atoms with E-state index in [2.05, 4.69) is 5.32 Å². The second-order valence-corrected chi connectivity index (χ2v) is 7.76. The molecule has 4 rings (SSSR count). The highest BCUT2D eigenvalue weighted by molar-refractivity contribution is 7.17. The van der Waals surface area contributed by atoms with E-state index >= 15 is 0 Å². The molecule has 0 radical (unpaired) electrons. The van der Waals surface area contributed by atoms with Gasteiger partial charge in [0.2, 0.25) is 0 Å². The van der Waals surface area contributed by atoms with E-state index in [1.54, 1.807) is 24.3 Å². The van der Waals surface area contributed by atoms with Crippen molar-refractivity contribution in [2.45, 2.75) is 13.0 Å². The highest BCUT2D eigenvalue weighted by Gasteiger charge is 2.30. The maximum absolute atomic E-state index is 12.8. The van der Waals surface area contributed by atoms with Crippen LogP contribution in [0.5, 0.6) is 0 Å². The molecule has 0 spiro atoms. The zero-order valence-corrected chi connectivity index (χ0v) is 16.7. The fourth-order valence-corrected chi connectivity index (χ4v) is 4.69. The number of primary amides is 1.